The molecule has 1 fully saturated rings. The van der Waals surface area contributed by atoms with Gasteiger partial charge >= 0.3 is 0 Å². The van der Waals surface area contributed by atoms with Crippen LogP contribution in [0.2, 0.25) is 0 Å². The first-order valence-corrected chi connectivity index (χ1v) is 9.24. The Morgan fingerprint density at radius 2 is 1.79 bits per heavy atom. The maximum atomic E-state index is 5.44. The third kappa shape index (κ3) is 3.16. The number of fused-ring (bicyclic) bond motifs is 2. The second-order valence-corrected chi connectivity index (χ2v) is 6.75. The van der Waals surface area contributed by atoms with Gasteiger partial charge in [0.1, 0.15) is 0 Å². The van der Waals surface area contributed by atoms with E-state index in [1.165, 1.54) is 0 Å². The van der Waals surface area contributed by atoms with Gasteiger partial charge in [0.15, 0.2) is 27.6 Å². The van der Waals surface area contributed by atoms with Gasteiger partial charge < -0.3 is 29.7 Å². The molecular weight excluding hydrogens is 382 g/mol. The van der Waals surface area contributed by atoms with E-state index in [4.69, 9.17) is 31.1 Å². The van der Waals surface area contributed by atoms with Gasteiger partial charge in [-0.05, 0) is 46.8 Å². The molecule has 3 aromatic rings. The number of aromatic nitrogens is 2. The van der Waals surface area contributed by atoms with Gasteiger partial charge in [-0.1, -0.05) is 0 Å². The second kappa shape index (κ2) is 7.13. The van der Waals surface area contributed by atoms with Gasteiger partial charge in [0.05, 0.1) is 24.6 Å². The Bertz CT molecular complexity index is 1030. The molecule has 10 heteroatoms. The quantitative estimate of drug-likeness (QED) is 0.640. The predicted octanol–water partition coefficient (Wildman–Crippen LogP) is 2.60. The molecule has 0 unspecified atom stereocenters. The number of benzene rings is 2. The summed E-state index contributed by atoms with van der Waals surface area (Å²) in [5.74, 6) is 1.41. The van der Waals surface area contributed by atoms with Crippen LogP contribution in [0.5, 0.6) is 11.5 Å². The van der Waals surface area contributed by atoms with E-state index >= 15 is 0 Å². The Morgan fingerprint density at radius 1 is 0.964 bits per heavy atom. The van der Waals surface area contributed by atoms with Crippen LogP contribution in [0, 0.1) is 0 Å². The molecule has 0 atom stereocenters. The van der Waals surface area contributed by atoms with Crippen LogP contribution in [0.4, 0.5) is 17.1 Å². The van der Waals surface area contributed by atoms with Gasteiger partial charge in [-0.25, -0.2) is 4.63 Å². The average molecular weight is 399 g/mol. The van der Waals surface area contributed by atoms with Crippen molar-refractivity contribution in [2.75, 3.05) is 48.6 Å². The molecular formula is C18H17N5O4S. The molecule has 1 saturated heterocycles. The first kappa shape index (κ1) is 17.0. The number of nitrogens with zero attached hydrogens (tertiary/aromatic N) is 3. The first-order valence-electron chi connectivity index (χ1n) is 8.83. The summed E-state index contributed by atoms with van der Waals surface area (Å²) in [6.45, 7) is 3.22. The fourth-order valence-corrected chi connectivity index (χ4v) is 3.50. The summed E-state index contributed by atoms with van der Waals surface area (Å²) in [6.07, 6.45) is 0. The number of nitrogens with one attached hydrogen (secondary N) is 2. The van der Waals surface area contributed by atoms with Gasteiger partial charge in [-0.2, -0.15) is 0 Å². The monoisotopic (exact) mass is 399 g/mol. The normalized spacial score (nSPS) is 15.6. The van der Waals surface area contributed by atoms with E-state index in [0.29, 0.717) is 40.8 Å². The molecule has 2 N–H and O–H groups in total. The van der Waals surface area contributed by atoms with E-state index in [0.717, 1.165) is 30.2 Å². The molecule has 0 bridgehead atoms. The summed E-state index contributed by atoms with van der Waals surface area (Å²) >= 11 is 5.44. The van der Waals surface area contributed by atoms with Crippen LogP contribution in [-0.2, 0) is 4.74 Å². The van der Waals surface area contributed by atoms with Gasteiger partial charge in [-0.3, -0.25) is 0 Å². The van der Waals surface area contributed by atoms with Crippen LogP contribution in [0.3, 0.4) is 0 Å². The van der Waals surface area contributed by atoms with Crippen molar-refractivity contribution >= 4 is 45.4 Å². The van der Waals surface area contributed by atoms with Gasteiger partial charge in [0.2, 0.25) is 6.79 Å². The zero-order chi connectivity index (χ0) is 18.9. The number of anilines is 3. The van der Waals surface area contributed by atoms with E-state index in [-0.39, 0.29) is 6.79 Å². The van der Waals surface area contributed by atoms with Crippen LogP contribution in [-0.4, -0.2) is 48.5 Å². The highest BCUT2D eigenvalue weighted by atomic mass is 32.1. The summed E-state index contributed by atoms with van der Waals surface area (Å²) in [6, 6.07) is 9.46. The van der Waals surface area contributed by atoms with Crippen LogP contribution < -0.4 is 25.0 Å². The van der Waals surface area contributed by atoms with Crippen molar-refractivity contribution < 1.29 is 18.8 Å². The lowest BCUT2D eigenvalue weighted by Crippen LogP contribution is -2.36. The third-order valence-corrected chi connectivity index (χ3v) is 4.83. The lowest BCUT2D eigenvalue weighted by molar-refractivity contribution is 0.123. The van der Waals surface area contributed by atoms with Crippen molar-refractivity contribution in [2.45, 2.75) is 0 Å². The second-order valence-electron chi connectivity index (χ2n) is 6.34. The van der Waals surface area contributed by atoms with E-state index in [9.17, 15) is 0 Å². The highest BCUT2D eigenvalue weighted by molar-refractivity contribution is 7.80. The Labute approximate surface area is 165 Å². The third-order valence-electron chi connectivity index (χ3n) is 4.62. The summed E-state index contributed by atoms with van der Waals surface area (Å²) in [5.41, 5.74) is 3.80. The minimum absolute atomic E-state index is 0.230. The number of thiocarbonyl (C=S) groups is 1. The van der Waals surface area contributed by atoms with Gasteiger partial charge in [0.25, 0.3) is 0 Å². The number of hydrogen-bond acceptors (Lipinski definition) is 8. The largest absolute Gasteiger partial charge is 0.454 e. The molecule has 0 aliphatic carbocycles. The Hall–Kier alpha value is -3.11. The number of rotatable bonds is 3. The molecule has 3 heterocycles. The van der Waals surface area contributed by atoms with Crippen molar-refractivity contribution in [1.82, 2.24) is 10.3 Å². The Kier molecular flexibility index (Phi) is 4.34. The van der Waals surface area contributed by atoms with E-state index in [1.54, 1.807) is 0 Å². The minimum atomic E-state index is 0.230. The van der Waals surface area contributed by atoms with Crippen molar-refractivity contribution in [3.05, 3.63) is 30.3 Å². The molecule has 2 aromatic carbocycles. The molecule has 2 aliphatic rings. The van der Waals surface area contributed by atoms with E-state index < -0.39 is 0 Å². The SMILES string of the molecule is S=C(Nc1ccc2c(c1)OCO2)Nc1ccc(N2CCOCC2)c2nonc12. The van der Waals surface area contributed by atoms with Crippen LogP contribution in [0.15, 0.2) is 35.0 Å². The van der Waals surface area contributed by atoms with Gasteiger partial charge in [-0.15, -0.1) is 0 Å². The van der Waals surface area contributed by atoms with Crippen LogP contribution >= 0.6 is 12.2 Å². The first-order chi connectivity index (χ1) is 13.8. The molecule has 28 heavy (non-hydrogen) atoms. The van der Waals surface area contributed by atoms with Gasteiger partial charge in [0, 0.05) is 24.8 Å². The zero-order valence-corrected chi connectivity index (χ0v) is 15.6. The van der Waals surface area contributed by atoms with Crippen LogP contribution in [0.1, 0.15) is 0 Å². The highest BCUT2D eigenvalue weighted by Gasteiger charge is 2.19. The molecule has 9 nitrogen and oxygen atoms in total. The Balaban J connectivity index is 1.35. The zero-order valence-electron chi connectivity index (χ0n) is 14.8. The molecule has 0 amide bonds. The summed E-state index contributed by atoms with van der Waals surface area (Å²) in [7, 11) is 0. The molecule has 0 radical (unpaired) electrons. The Morgan fingerprint density at radius 3 is 2.68 bits per heavy atom. The fraction of sp³-hybridized carbons (Fsp3) is 0.278. The maximum Gasteiger partial charge on any atom is 0.231 e. The number of hydrogen-bond donors (Lipinski definition) is 2. The molecule has 5 rings (SSSR count). The highest BCUT2D eigenvalue weighted by Crippen LogP contribution is 2.34. The van der Waals surface area contributed by atoms with Crippen LogP contribution in [0.25, 0.3) is 11.0 Å². The van der Waals surface area contributed by atoms with Crippen molar-refractivity contribution in [3.63, 3.8) is 0 Å². The molecule has 1 aromatic heterocycles. The van der Waals surface area contributed by atoms with Crippen molar-refractivity contribution in [3.8, 4) is 11.5 Å². The fourth-order valence-electron chi connectivity index (χ4n) is 3.27. The smallest absolute Gasteiger partial charge is 0.231 e. The molecule has 2 aliphatic heterocycles. The molecule has 0 spiro atoms. The van der Waals surface area contributed by atoms with E-state index in [1.807, 2.05) is 30.3 Å². The minimum Gasteiger partial charge on any atom is -0.454 e. The molecule has 144 valence electrons. The standard InChI is InChI=1S/C18H17N5O4S/c28-18(19-11-1-4-14-15(9-11)26-10-25-14)20-12-2-3-13(17-16(12)21-27-22-17)23-5-7-24-8-6-23/h1-4,9H,5-8,10H2,(H2,19,20,28). The molecule has 0 saturated carbocycles. The van der Waals surface area contributed by atoms with E-state index in [2.05, 4.69) is 25.8 Å². The van der Waals surface area contributed by atoms with Crippen molar-refractivity contribution in [1.29, 1.82) is 0 Å². The summed E-state index contributed by atoms with van der Waals surface area (Å²) < 4.78 is 21.1. The predicted molar refractivity (Wildman–Crippen MR) is 107 cm³/mol. The number of morpholine rings is 1. The maximum absolute atomic E-state index is 5.44. The summed E-state index contributed by atoms with van der Waals surface area (Å²) in [5, 5.41) is 14.8. The van der Waals surface area contributed by atoms with Crippen molar-refractivity contribution in [2.24, 2.45) is 0 Å². The topological polar surface area (TPSA) is 93.9 Å². The summed E-state index contributed by atoms with van der Waals surface area (Å²) in [4.78, 5) is 2.21. The number of ether oxygens (including phenoxy) is 3. The average Bonchev–Trinajstić information content (AvgIpc) is 3.38. The lowest BCUT2D eigenvalue weighted by Gasteiger charge is -2.28. The lowest BCUT2D eigenvalue weighted by atomic mass is 10.2.